The molecule has 1 unspecified atom stereocenters. The van der Waals surface area contributed by atoms with Gasteiger partial charge in [-0.25, -0.2) is 0 Å². The highest BCUT2D eigenvalue weighted by molar-refractivity contribution is 5.81. The van der Waals surface area contributed by atoms with Crippen LogP contribution < -0.4 is 0 Å². The molecule has 0 spiro atoms. The average molecular weight is 242 g/mol. The molecule has 0 bridgehead atoms. The second-order valence-corrected chi connectivity index (χ2v) is 3.71. The zero-order valence-electron chi connectivity index (χ0n) is 10.4. The summed E-state index contributed by atoms with van der Waals surface area (Å²) in [4.78, 5) is 15.4. The molecule has 1 atom stereocenters. The summed E-state index contributed by atoms with van der Waals surface area (Å²) in [5.41, 5.74) is 0. The molecule has 0 N–H and O–H groups in total. The van der Waals surface area contributed by atoms with Crippen molar-refractivity contribution in [1.29, 1.82) is 0 Å². The molecule has 0 aliphatic heterocycles. The van der Waals surface area contributed by atoms with Crippen molar-refractivity contribution in [3.05, 3.63) is 11.7 Å². The second kappa shape index (κ2) is 7.13. The van der Waals surface area contributed by atoms with E-state index in [1.807, 2.05) is 0 Å². The van der Waals surface area contributed by atoms with Gasteiger partial charge in [0.15, 0.2) is 5.78 Å². The molecule has 96 valence electrons. The molecule has 6 nitrogen and oxygen atoms in total. The smallest absolute Gasteiger partial charge is 0.234 e. The van der Waals surface area contributed by atoms with E-state index in [1.165, 1.54) is 7.11 Å². The van der Waals surface area contributed by atoms with Crippen LogP contribution in [-0.4, -0.2) is 36.8 Å². The van der Waals surface area contributed by atoms with E-state index < -0.39 is 0 Å². The summed E-state index contributed by atoms with van der Waals surface area (Å²) < 4.78 is 15.0. The predicted molar refractivity (Wildman–Crippen MR) is 59.5 cm³/mol. The summed E-state index contributed by atoms with van der Waals surface area (Å²) in [7, 11) is 3.08. The first-order valence-electron chi connectivity index (χ1n) is 5.57. The van der Waals surface area contributed by atoms with Crippen LogP contribution in [0, 0.1) is 0 Å². The van der Waals surface area contributed by atoms with E-state index in [-0.39, 0.29) is 24.9 Å². The Morgan fingerprint density at radius 3 is 2.82 bits per heavy atom. The summed E-state index contributed by atoms with van der Waals surface area (Å²) in [5.74, 6) is 0.710. The highest BCUT2D eigenvalue weighted by Crippen LogP contribution is 2.18. The molecule has 0 aliphatic rings. The van der Waals surface area contributed by atoms with Gasteiger partial charge in [0, 0.05) is 14.2 Å². The van der Waals surface area contributed by atoms with Crippen LogP contribution in [-0.2, 0) is 20.7 Å². The largest absolute Gasteiger partial charge is 0.377 e. The van der Waals surface area contributed by atoms with Crippen molar-refractivity contribution < 1.29 is 18.8 Å². The Morgan fingerprint density at radius 2 is 2.24 bits per heavy atom. The lowest BCUT2D eigenvalue weighted by Crippen LogP contribution is -2.10. The van der Waals surface area contributed by atoms with E-state index >= 15 is 0 Å². The van der Waals surface area contributed by atoms with Gasteiger partial charge in [-0.2, -0.15) is 4.98 Å². The molecule has 0 saturated heterocycles. The molecular formula is C11H18N2O4. The number of hydrogen-bond donors (Lipinski definition) is 0. The summed E-state index contributed by atoms with van der Waals surface area (Å²) in [5, 5.41) is 3.82. The maximum absolute atomic E-state index is 11.3. The fraction of sp³-hybridized carbons (Fsp3) is 0.727. The maximum atomic E-state index is 11.3. The van der Waals surface area contributed by atoms with Crippen LogP contribution in [0.1, 0.15) is 37.6 Å². The third-order valence-electron chi connectivity index (χ3n) is 2.26. The van der Waals surface area contributed by atoms with E-state index in [0.717, 1.165) is 12.8 Å². The molecular weight excluding hydrogens is 224 g/mol. The van der Waals surface area contributed by atoms with Crippen molar-refractivity contribution in [2.24, 2.45) is 0 Å². The zero-order chi connectivity index (χ0) is 12.7. The molecule has 6 heteroatoms. The van der Waals surface area contributed by atoms with Gasteiger partial charge < -0.3 is 14.0 Å². The van der Waals surface area contributed by atoms with Gasteiger partial charge >= 0.3 is 0 Å². The van der Waals surface area contributed by atoms with Gasteiger partial charge in [0.2, 0.25) is 11.7 Å². The van der Waals surface area contributed by atoms with E-state index in [1.54, 1.807) is 7.11 Å². The number of Topliss-reactive ketones (excluding diaryl/α,β-unsaturated/α-hetero) is 1. The molecule has 1 aromatic rings. The first kappa shape index (κ1) is 13.8. The minimum absolute atomic E-state index is 0.0559. The Hall–Kier alpha value is -1.27. The number of ketones is 1. The molecule has 0 radical (unpaired) electrons. The van der Waals surface area contributed by atoms with Crippen LogP contribution in [0.25, 0.3) is 0 Å². The van der Waals surface area contributed by atoms with Crippen molar-refractivity contribution >= 4 is 5.78 Å². The Bertz CT molecular complexity index is 351. The van der Waals surface area contributed by atoms with Crippen LogP contribution in [0.5, 0.6) is 0 Å². The lowest BCUT2D eigenvalue weighted by Gasteiger charge is -2.08. The minimum atomic E-state index is -0.171. The maximum Gasteiger partial charge on any atom is 0.234 e. The molecule has 1 rings (SSSR count). The van der Waals surface area contributed by atoms with Crippen LogP contribution in [0.2, 0.25) is 0 Å². The van der Waals surface area contributed by atoms with E-state index in [0.29, 0.717) is 11.7 Å². The molecule has 0 saturated carbocycles. The van der Waals surface area contributed by atoms with Gasteiger partial charge in [-0.1, -0.05) is 18.5 Å². The number of ether oxygens (including phenoxy) is 2. The SMILES string of the molecule is CCCC(OC)c1noc(CC(=O)COC)n1. The van der Waals surface area contributed by atoms with Crippen molar-refractivity contribution in [2.75, 3.05) is 20.8 Å². The number of aromatic nitrogens is 2. The topological polar surface area (TPSA) is 74.5 Å². The second-order valence-electron chi connectivity index (χ2n) is 3.71. The quantitative estimate of drug-likeness (QED) is 0.684. The minimum Gasteiger partial charge on any atom is -0.377 e. The average Bonchev–Trinajstić information content (AvgIpc) is 2.74. The van der Waals surface area contributed by atoms with Gasteiger partial charge in [-0.05, 0) is 6.42 Å². The molecule has 0 aliphatic carbocycles. The third-order valence-corrected chi connectivity index (χ3v) is 2.26. The molecule has 1 aromatic heterocycles. The van der Waals surface area contributed by atoms with E-state index in [9.17, 15) is 4.79 Å². The first-order valence-corrected chi connectivity index (χ1v) is 5.57. The molecule has 0 fully saturated rings. The summed E-state index contributed by atoms with van der Waals surface area (Å²) in [6, 6.07) is 0. The fourth-order valence-electron chi connectivity index (χ4n) is 1.47. The van der Waals surface area contributed by atoms with Gasteiger partial charge in [0.05, 0.1) is 6.42 Å². The third kappa shape index (κ3) is 4.24. The Morgan fingerprint density at radius 1 is 1.47 bits per heavy atom. The molecule has 0 amide bonds. The standard InChI is InChI=1S/C11H18N2O4/c1-4-5-9(16-3)11-12-10(17-13-11)6-8(14)7-15-2/h9H,4-7H2,1-3H3. The van der Waals surface area contributed by atoms with Crippen LogP contribution in [0.4, 0.5) is 0 Å². The van der Waals surface area contributed by atoms with Crippen LogP contribution in [0.15, 0.2) is 4.52 Å². The van der Waals surface area contributed by atoms with Crippen molar-refractivity contribution in [1.82, 2.24) is 10.1 Å². The van der Waals surface area contributed by atoms with E-state index in [4.69, 9.17) is 14.0 Å². The van der Waals surface area contributed by atoms with Gasteiger partial charge in [-0.3, -0.25) is 4.79 Å². The van der Waals surface area contributed by atoms with Crippen LogP contribution >= 0.6 is 0 Å². The number of carbonyl (C=O) groups is 1. The van der Waals surface area contributed by atoms with Crippen molar-refractivity contribution in [2.45, 2.75) is 32.3 Å². The highest BCUT2D eigenvalue weighted by Gasteiger charge is 2.18. The Labute approximate surface area is 100 Å². The number of rotatable bonds is 8. The summed E-state index contributed by atoms with van der Waals surface area (Å²) in [6.45, 7) is 2.11. The number of nitrogens with zero attached hydrogens (tertiary/aromatic N) is 2. The van der Waals surface area contributed by atoms with Gasteiger partial charge in [-0.15, -0.1) is 0 Å². The lowest BCUT2D eigenvalue weighted by atomic mass is 10.2. The molecule has 1 heterocycles. The Kier molecular flexibility index (Phi) is 5.79. The van der Waals surface area contributed by atoms with Crippen LogP contribution in [0.3, 0.4) is 0 Å². The van der Waals surface area contributed by atoms with E-state index in [2.05, 4.69) is 17.1 Å². The Balaban J connectivity index is 2.60. The number of carbonyl (C=O) groups excluding carboxylic acids is 1. The van der Waals surface area contributed by atoms with Gasteiger partial charge in [0.25, 0.3) is 0 Å². The van der Waals surface area contributed by atoms with Crippen molar-refractivity contribution in [3.8, 4) is 0 Å². The van der Waals surface area contributed by atoms with Crippen molar-refractivity contribution in [3.63, 3.8) is 0 Å². The monoisotopic (exact) mass is 242 g/mol. The zero-order valence-corrected chi connectivity index (χ0v) is 10.4. The first-order chi connectivity index (χ1) is 8.21. The van der Waals surface area contributed by atoms with Gasteiger partial charge in [0.1, 0.15) is 12.7 Å². The summed E-state index contributed by atoms with van der Waals surface area (Å²) >= 11 is 0. The normalized spacial score (nSPS) is 12.6. The summed E-state index contributed by atoms with van der Waals surface area (Å²) in [6.07, 6.45) is 1.71. The number of hydrogen-bond acceptors (Lipinski definition) is 6. The number of methoxy groups -OCH3 is 2. The molecule has 0 aromatic carbocycles. The fourth-order valence-corrected chi connectivity index (χ4v) is 1.47. The molecule has 17 heavy (non-hydrogen) atoms. The predicted octanol–water partition coefficient (Wildman–Crippen LogP) is 1.32. The lowest BCUT2D eigenvalue weighted by molar-refractivity contribution is -0.122. The highest BCUT2D eigenvalue weighted by atomic mass is 16.5.